The number of ether oxygens (including phenoxy) is 1. The van der Waals surface area contributed by atoms with Gasteiger partial charge >= 0.3 is 0 Å². The number of nitrogens with zero attached hydrogens (tertiary/aromatic N) is 1. The fourth-order valence-corrected chi connectivity index (χ4v) is 4.67. The molecule has 146 valence electrons. The highest BCUT2D eigenvalue weighted by Gasteiger charge is 2.25. The highest BCUT2D eigenvalue weighted by molar-refractivity contribution is 7.88. The summed E-state index contributed by atoms with van der Waals surface area (Å²) in [5.74, 6) is 0.904. The lowest BCUT2D eigenvalue weighted by Crippen LogP contribution is -2.41. The Kier molecular flexibility index (Phi) is 5.98. The summed E-state index contributed by atoms with van der Waals surface area (Å²) in [6, 6.07) is 8.95. The summed E-state index contributed by atoms with van der Waals surface area (Å²) in [5.41, 5.74) is 1.95. The van der Waals surface area contributed by atoms with Crippen molar-refractivity contribution in [2.24, 2.45) is 0 Å². The first-order valence-electron chi connectivity index (χ1n) is 8.84. The van der Waals surface area contributed by atoms with E-state index in [-0.39, 0.29) is 18.2 Å². The molecule has 0 spiro atoms. The molecule has 0 aliphatic carbocycles. The van der Waals surface area contributed by atoms with Crippen molar-refractivity contribution >= 4 is 15.9 Å². The molecule has 1 fully saturated rings. The van der Waals surface area contributed by atoms with Crippen LogP contribution in [0.2, 0.25) is 0 Å². The third kappa shape index (κ3) is 4.77. The van der Waals surface area contributed by atoms with E-state index in [0.29, 0.717) is 49.0 Å². The largest absolute Gasteiger partial charge is 0.466 e. The number of rotatable bonds is 6. The zero-order valence-electron chi connectivity index (χ0n) is 15.5. The topological polar surface area (TPSA) is 88.9 Å². The molecule has 1 N–H and O–H groups in total. The van der Waals surface area contributed by atoms with E-state index in [9.17, 15) is 13.2 Å². The van der Waals surface area contributed by atoms with E-state index in [1.807, 2.05) is 12.1 Å². The van der Waals surface area contributed by atoms with Crippen molar-refractivity contribution in [1.82, 2.24) is 9.62 Å². The second-order valence-electron chi connectivity index (χ2n) is 6.55. The summed E-state index contributed by atoms with van der Waals surface area (Å²) in [6.07, 6.45) is 0. The van der Waals surface area contributed by atoms with Gasteiger partial charge in [0.25, 0.3) is 5.91 Å². The Hall–Kier alpha value is -2.16. The zero-order valence-corrected chi connectivity index (χ0v) is 16.3. The molecule has 7 nitrogen and oxygen atoms in total. The Morgan fingerprint density at radius 1 is 1.15 bits per heavy atom. The molecule has 1 amide bonds. The minimum atomic E-state index is -3.43. The van der Waals surface area contributed by atoms with Gasteiger partial charge in [0.15, 0.2) is 0 Å². The van der Waals surface area contributed by atoms with Crippen LogP contribution >= 0.6 is 0 Å². The number of benzene rings is 1. The van der Waals surface area contributed by atoms with Gasteiger partial charge < -0.3 is 14.5 Å². The van der Waals surface area contributed by atoms with Gasteiger partial charge in [-0.3, -0.25) is 4.79 Å². The van der Waals surface area contributed by atoms with Crippen LogP contribution in [-0.4, -0.2) is 44.9 Å². The molecule has 1 saturated heterocycles. The molecule has 8 heteroatoms. The molecule has 2 aromatic rings. The maximum Gasteiger partial charge on any atom is 0.255 e. The molecule has 2 heterocycles. The second kappa shape index (κ2) is 8.24. The second-order valence-corrected chi connectivity index (χ2v) is 8.51. The summed E-state index contributed by atoms with van der Waals surface area (Å²) in [4.78, 5) is 12.4. The van der Waals surface area contributed by atoms with Crippen LogP contribution in [-0.2, 0) is 27.1 Å². The highest BCUT2D eigenvalue weighted by Crippen LogP contribution is 2.18. The van der Waals surface area contributed by atoms with Crippen LogP contribution in [0.1, 0.15) is 33.0 Å². The van der Waals surface area contributed by atoms with Gasteiger partial charge in [0, 0.05) is 19.6 Å². The zero-order chi connectivity index (χ0) is 19.4. The molecule has 1 aromatic carbocycles. The van der Waals surface area contributed by atoms with Crippen molar-refractivity contribution in [3.05, 3.63) is 58.5 Å². The number of carbonyl (C=O) groups is 1. The molecule has 0 atom stereocenters. The number of hydrogen-bond acceptors (Lipinski definition) is 5. The first kappa shape index (κ1) is 19.6. The number of carbonyl (C=O) groups excluding carboxylic acids is 1. The van der Waals surface area contributed by atoms with Crippen molar-refractivity contribution < 1.29 is 22.4 Å². The smallest absolute Gasteiger partial charge is 0.255 e. The molecule has 1 aromatic heterocycles. The Morgan fingerprint density at radius 2 is 1.81 bits per heavy atom. The first-order valence-corrected chi connectivity index (χ1v) is 10.5. The van der Waals surface area contributed by atoms with E-state index in [4.69, 9.17) is 9.15 Å². The van der Waals surface area contributed by atoms with Gasteiger partial charge in [-0.1, -0.05) is 24.3 Å². The monoisotopic (exact) mass is 392 g/mol. The van der Waals surface area contributed by atoms with Crippen LogP contribution in [0.3, 0.4) is 0 Å². The maximum absolute atomic E-state index is 12.7. The molecule has 27 heavy (non-hydrogen) atoms. The fraction of sp³-hybridized carbons (Fsp3) is 0.421. The number of hydrogen-bond donors (Lipinski definition) is 1. The van der Waals surface area contributed by atoms with Gasteiger partial charge in [-0.05, 0) is 31.0 Å². The average molecular weight is 392 g/mol. The van der Waals surface area contributed by atoms with Gasteiger partial charge in [0.1, 0.15) is 11.5 Å². The molecule has 0 unspecified atom stereocenters. The number of sulfonamides is 1. The Labute approximate surface area is 159 Å². The van der Waals surface area contributed by atoms with Crippen molar-refractivity contribution in [3.63, 3.8) is 0 Å². The number of amides is 1. The number of aryl methyl sites for hydroxylation is 2. The molecule has 0 saturated carbocycles. The van der Waals surface area contributed by atoms with E-state index >= 15 is 0 Å². The maximum atomic E-state index is 12.7. The number of morpholine rings is 1. The van der Waals surface area contributed by atoms with Gasteiger partial charge in [-0.2, -0.15) is 4.31 Å². The van der Waals surface area contributed by atoms with Gasteiger partial charge in [-0.15, -0.1) is 0 Å². The van der Waals surface area contributed by atoms with Crippen LogP contribution in [0.4, 0.5) is 0 Å². The average Bonchev–Trinajstić information content (AvgIpc) is 2.99. The van der Waals surface area contributed by atoms with Gasteiger partial charge in [0.2, 0.25) is 10.0 Å². The fourth-order valence-electron chi connectivity index (χ4n) is 3.11. The van der Waals surface area contributed by atoms with E-state index in [1.54, 1.807) is 32.0 Å². The quantitative estimate of drug-likeness (QED) is 0.812. The predicted molar refractivity (Wildman–Crippen MR) is 101 cm³/mol. The molecule has 0 bridgehead atoms. The van der Waals surface area contributed by atoms with Crippen LogP contribution < -0.4 is 5.32 Å². The van der Waals surface area contributed by atoms with Crippen molar-refractivity contribution in [2.75, 3.05) is 26.3 Å². The van der Waals surface area contributed by atoms with Crippen LogP contribution in [0.5, 0.6) is 0 Å². The van der Waals surface area contributed by atoms with Crippen molar-refractivity contribution in [1.29, 1.82) is 0 Å². The Morgan fingerprint density at radius 3 is 2.44 bits per heavy atom. The first-order chi connectivity index (χ1) is 12.9. The van der Waals surface area contributed by atoms with Crippen LogP contribution in [0.25, 0.3) is 0 Å². The lowest BCUT2D eigenvalue weighted by molar-refractivity contribution is 0.0729. The lowest BCUT2D eigenvalue weighted by atomic mass is 10.1. The summed E-state index contributed by atoms with van der Waals surface area (Å²) < 4.78 is 37.4. The number of nitrogens with one attached hydrogen (secondary N) is 1. The van der Waals surface area contributed by atoms with Crippen LogP contribution in [0, 0.1) is 13.8 Å². The predicted octanol–water partition coefficient (Wildman–Crippen LogP) is 1.99. The van der Waals surface area contributed by atoms with E-state index in [0.717, 1.165) is 5.56 Å². The molecule has 1 aliphatic heterocycles. The molecule has 3 rings (SSSR count). The number of furan rings is 1. The highest BCUT2D eigenvalue weighted by atomic mass is 32.2. The molecule has 1 aliphatic rings. The van der Waals surface area contributed by atoms with E-state index in [2.05, 4.69) is 5.32 Å². The van der Waals surface area contributed by atoms with E-state index in [1.165, 1.54) is 4.31 Å². The Balaban J connectivity index is 1.70. The summed E-state index contributed by atoms with van der Waals surface area (Å²) in [7, 11) is -3.43. The SMILES string of the molecule is Cc1cc(C(=O)NCc2ccccc2CS(=O)(=O)N2CCOCC2)c(C)o1. The summed E-state index contributed by atoms with van der Waals surface area (Å²) in [6.45, 7) is 5.36. The lowest BCUT2D eigenvalue weighted by Gasteiger charge is -2.26. The molecule has 0 radical (unpaired) electrons. The van der Waals surface area contributed by atoms with E-state index < -0.39 is 10.0 Å². The minimum Gasteiger partial charge on any atom is -0.466 e. The molecular weight excluding hydrogens is 368 g/mol. The van der Waals surface area contributed by atoms with Crippen LogP contribution in [0.15, 0.2) is 34.7 Å². The summed E-state index contributed by atoms with van der Waals surface area (Å²) in [5, 5.41) is 2.85. The third-order valence-electron chi connectivity index (χ3n) is 4.54. The minimum absolute atomic E-state index is 0.0944. The van der Waals surface area contributed by atoms with Crippen molar-refractivity contribution in [2.45, 2.75) is 26.1 Å². The van der Waals surface area contributed by atoms with Crippen molar-refractivity contribution in [3.8, 4) is 0 Å². The standard InChI is InChI=1S/C19H24N2O5S/c1-14-11-18(15(2)26-14)19(22)20-12-16-5-3-4-6-17(16)13-27(23,24)21-7-9-25-10-8-21/h3-6,11H,7-10,12-13H2,1-2H3,(H,20,22). The van der Waals surface area contributed by atoms with Gasteiger partial charge in [-0.25, -0.2) is 8.42 Å². The Bertz CT molecular complexity index is 914. The molecular formula is C19H24N2O5S. The van der Waals surface area contributed by atoms with Gasteiger partial charge in [0.05, 0.1) is 24.5 Å². The summed E-state index contributed by atoms with van der Waals surface area (Å²) >= 11 is 0. The normalized spacial score (nSPS) is 15.6. The third-order valence-corrected chi connectivity index (χ3v) is 6.37.